The van der Waals surface area contributed by atoms with Crippen molar-refractivity contribution in [2.24, 2.45) is 0 Å². The summed E-state index contributed by atoms with van der Waals surface area (Å²) in [5.74, 6) is -0.771. The minimum atomic E-state index is -2.22. The second-order valence-corrected chi connectivity index (χ2v) is 8.45. The second-order valence-electron chi connectivity index (χ2n) is 5.72. The molecule has 3 amide bonds. The number of carbonyl (C=O) groups is 2. The van der Waals surface area contributed by atoms with Crippen LogP contribution in [0.15, 0.2) is 69.1 Å². The van der Waals surface area contributed by atoms with Crippen LogP contribution < -0.4 is 9.80 Å². The zero-order valence-electron chi connectivity index (χ0n) is 13.5. The minimum Gasteiger partial charge on any atom is -0.357 e. The van der Waals surface area contributed by atoms with Crippen LogP contribution in [-0.4, -0.2) is 22.0 Å². The van der Waals surface area contributed by atoms with Gasteiger partial charge in [-0.25, -0.2) is 19.6 Å². The van der Waals surface area contributed by atoms with E-state index >= 15 is 0 Å². The maximum atomic E-state index is 13.2. The van der Waals surface area contributed by atoms with Crippen LogP contribution >= 0.6 is 43.2 Å². The lowest BCUT2D eigenvalue weighted by Crippen LogP contribution is -2.47. The number of amides is 3. The molecular formula is C18H11Br2N3O3S. The molecule has 1 aliphatic heterocycles. The van der Waals surface area contributed by atoms with E-state index in [1.807, 2.05) is 0 Å². The number of anilines is 2. The largest absolute Gasteiger partial charge is 0.357 e. The van der Waals surface area contributed by atoms with Gasteiger partial charge in [-0.3, -0.25) is 4.79 Å². The Balaban J connectivity index is 1.89. The van der Waals surface area contributed by atoms with Gasteiger partial charge in [-0.15, -0.1) is 11.3 Å². The molecule has 2 aromatic carbocycles. The van der Waals surface area contributed by atoms with Gasteiger partial charge in [0.15, 0.2) is 5.01 Å². The Kier molecular flexibility index (Phi) is 4.63. The van der Waals surface area contributed by atoms with Crippen LogP contribution in [0.3, 0.4) is 0 Å². The van der Waals surface area contributed by atoms with Crippen LogP contribution in [-0.2, 0) is 10.5 Å². The molecular weight excluding hydrogens is 498 g/mol. The number of aromatic nitrogens is 1. The summed E-state index contributed by atoms with van der Waals surface area (Å²) in [4.78, 5) is 32.6. The Labute approximate surface area is 175 Å². The molecule has 27 heavy (non-hydrogen) atoms. The molecule has 3 aromatic rings. The highest BCUT2D eigenvalue weighted by Gasteiger charge is 2.60. The molecule has 1 aliphatic rings. The van der Waals surface area contributed by atoms with Crippen molar-refractivity contribution in [1.82, 2.24) is 4.98 Å². The lowest BCUT2D eigenvalue weighted by molar-refractivity contribution is -0.133. The van der Waals surface area contributed by atoms with Gasteiger partial charge in [0.2, 0.25) is 0 Å². The molecule has 9 heteroatoms. The van der Waals surface area contributed by atoms with E-state index in [-0.39, 0.29) is 5.01 Å². The molecule has 1 N–H and O–H groups in total. The number of thiazole rings is 1. The highest BCUT2D eigenvalue weighted by atomic mass is 79.9. The van der Waals surface area contributed by atoms with Gasteiger partial charge in [0.1, 0.15) is 0 Å². The van der Waals surface area contributed by atoms with Crippen molar-refractivity contribution < 1.29 is 14.7 Å². The summed E-state index contributed by atoms with van der Waals surface area (Å²) in [7, 11) is 0. The van der Waals surface area contributed by atoms with E-state index in [9.17, 15) is 14.7 Å². The van der Waals surface area contributed by atoms with E-state index in [0.717, 1.165) is 30.1 Å². The summed E-state index contributed by atoms with van der Waals surface area (Å²) in [6.07, 6.45) is 1.48. The maximum Gasteiger partial charge on any atom is 0.339 e. The molecule has 1 saturated heterocycles. The molecule has 136 valence electrons. The van der Waals surface area contributed by atoms with Gasteiger partial charge in [0, 0.05) is 26.2 Å². The van der Waals surface area contributed by atoms with Crippen molar-refractivity contribution in [3.05, 3.63) is 74.1 Å². The van der Waals surface area contributed by atoms with E-state index in [4.69, 9.17) is 0 Å². The SMILES string of the molecule is O=C1N(c2ccc(Br)cc2)C(=O)C(O)(c2nccs2)N1c1ccc(Br)cc1. The molecule has 1 atom stereocenters. The molecule has 0 radical (unpaired) electrons. The first-order chi connectivity index (χ1) is 12.9. The Morgan fingerprint density at radius 2 is 1.48 bits per heavy atom. The third-order valence-corrected chi connectivity index (χ3v) is 6.04. The molecule has 4 rings (SSSR count). The topological polar surface area (TPSA) is 73.7 Å². The number of benzene rings is 2. The van der Waals surface area contributed by atoms with Gasteiger partial charge in [-0.2, -0.15) is 0 Å². The van der Waals surface area contributed by atoms with Crippen LogP contribution in [0.5, 0.6) is 0 Å². The highest BCUT2D eigenvalue weighted by Crippen LogP contribution is 2.42. The molecule has 6 nitrogen and oxygen atoms in total. The smallest absolute Gasteiger partial charge is 0.339 e. The fourth-order valence-corrected chi connectivity index (χ4v) is 4.11. The number of rotatable bonds is 3. The zero-order chi connectivity index (χ0) is 19.2. The summed E-state index contributed by atoms with van der Waals surface area (Å²) in [5, 5.41) is 13.2. The molecule has 1 unspecified atom stereocenters. The van der Waals surface area contributed by atoms with E-state index in [2.05, 4.69) is 36.8 Å². The quantitative estimate of drug-likeness (QED) is 0.529. The van der Waals surface area contributed by atoms with Crippen LogP contribution in [0.4, 0.5) is 16.2 Å². The molecule has 0 aliphatic carbocycles. The molecule has 0 saturated carbocycles. The van der Waals surface area contributed by atoms with E-state index in [1.165, 1.54) is 6.20 Å². The first-order valence-electron chi connectivity index (χ1n) is 7.75. The lowest BCUT2D eigenvalue weighted by atomic mass is 10.1. The molecule has 2 heterocycles. The normalized spacial score (nSPS) is 19.8. The average Bonchev–Trinajstić information content (AvgIpc) is 3.25. The van der Waals surface area contributed by atoms with Gasteiger partial charge in [0.05, 0.1) is 5.69 Å². The number of urea groups is 1. The fourth-order valence-electron chi connectivity index (χ4n) is 2.86. The number of nitrogens with zero attached hydrogens (tertiary/aromatic N) is 3. The zero-order valence-corrected chi connectivity index (χ0v) is 17.5. The van der Waals surface area contributed by atoms with Crippen molar-refractivity contribution >= 4 is 66.5 Å². The predicted molar refractivity (Wildman–Crippen MR) is 110 cm³/mol. The summed E-state index contributed by atoms with van der Waals surface area (Å²) in [6.45, 7) is 0. The monoisotopic (exact) mass is 507 g/mol. The lowest BCUT2D eigenvalue weighted by Gasteiger charge is -2.28. The maximum absolute atomic E-state index is 13.2. The second kappa shape index (κ2) is 6.83. The minimum absolute atomic E-state index is 0.128. The number of hydrogen-bond acceptors (Lipinski definition) is 5. The van der Waals surface area contributed by atoms with Gasteiger partial charge in [-0.1, -0.05) is 31.9 Å². The number of aliphatic hydroxyl groups is 1. The third-order valence-electron chi connectivity index (χ3n) is 4.11. The third kappa shape index (κ3) is 2.91. The van der Waals surface area contributed by atoms with E-state index < -0.39 is 17.7 Å². The number of carbonyl (C=O) groups excluding carboxylic acids is 2. The molecule has 1 fully saturated rings. The van der Waals surface area contributed by atoms with Gasteiger partial charge in [-0.05, 0) is 48.5 Å². The summed E-state index contributed by atoms with van der Waals surface area (Å²) < 4.78 is 1.62. The van der Waals surface area contributed by atoms with Gasteiger partial charge < -0.3 is 5.11 Å². The number of imide groups is 1. The Morgan fingerprint density at radius 1 is 0.926 bits per heavy atom. The van der Waals surface area contributed by atoms with Crippen LogP contribution in [0.1, 0.15) is 5.01 Å². The number of hydrogen-bond donors (Lipinski definition) is 1. The fraction of sp³-hybridized carbons (Fsp3) is 0.0556. The van der Waals surface area contributed by atoms with Crippen molar-refractivity contribution in [3.63, 3.8) is 0 Å². The van der Waals surface area contributed by atoms with E-state index in [1.54, 1.807) is 53.9 Å². The van der Waals surface area contributed by atoms with Crippen molar-refractivity contribution in [2.75, 3.05) is 9.80 Å². The highest BCUT2D eigenvalue weighted by molar-refractivity contribution is 9.10. The van der Waals surface area contributed by atoms with Crippen LogP contribution in [0.2, 0.25) is 0 Å². The van der Waals surface area contributed by atoms with Gasteiger partial charge in [0.25, 0.3) is 11.6 Å². The molecule has 0 spiro atoms. The first-order valence-corrected chi connectivity index (χ1v) is 10.2. The summed E-state index contributed by atoms with van der Waals surface area (Å²) in [6, 6.07) is 12.8. The Hall–Kier alpha value is -2.07. The van der Waals surface area contributed by atoms with Gasteiger partial charge >= 0.3 is 6.03 Å². The van der Waals surface area contributed by atoms with E-state index in [0.29, 0.717) is 11.4 Å². The standard InChI is InChI=1S/C18H11Br2N3O3S/c19-11-1-5-13(6-2-11)22-16(24)18(26,15-21-9-10-27-15)23(17(22)25)14-7-3-12(20)4-8-14/h1-10,26H. The number of halogens is 2. The van der Waals surface area contributed by atoms with Crippen molar-refractivity contribution in [1.29, 1.82) is 0 Å². The van der Waals surface area contributed by atoms with Crippen LogP contribution in [0, 0.1) is 0 Å². The summed E-state index contributed by atoms with van der Waals surface area (Å²) in [5.41, 5.74) is -1.47. The molecule has 1 aromatic heterocycles. The first kappa shape index (κ1) is 18.3. The summed E-state index contributed by atoms with van der Waals surface area (Å²) >= 11 is 7.78. The average molecular weight is 509 g/mol. The van der Waals surface area contributed by atoms with Crippen LogP contribution in [0.25, 0.3) is 0 Å². The Bertz CT molecular complexity index is 1010. The molecule has 0 bridgehead atoms. The van der Waals surface area contributed by atoms with Crippen molar-refractivity contribution in [2.45, 2.75) is 5.72 Å². The van der Waals surface area contributed by atoms with Crippen molar-refractivity contribution in [3.8, 4) is 0 Å². The predicted octanol–water partition coefficient (Wildman–Crippen LogP) is 4.49. The Morgan fingerprint density at radius 3 is 2.00 bits per heavy atom.